The number of ether oxygens (including phenoxy) is 2. The van der Waals surface area contributed by atoms with Gasteiger partial charge in [-0.1, -0.05) is 6.07 Å². The lowest BCUT2D eigenvalue weighted by atomic mass is 10.0. The molecular weight excluding hydrogens is 327 g/mol. The van der Waals surface area contributed by atoms with Crippen LogP contribution in [0.2, 0.25) is 0 Å². The molecule has 0 radical (unpaired) electrons. The van der Waals surface area contributed by atoms with Gasteiger partial charge < -0.3 is 19.5 Å². The van der Waals surface area contributed by atoms with E-state index in [9.17, 15) is 14.3 Å². The van der Waals surface area contributed by atoms with Gasteiger partial charge in [0.2, 0.25) is 5.91 Å². The van der Waals surface area contributed by atoms with Crippen molar-refractivity contribution in [2.75, 3.05) is 53.0 Å². The number of carbonyl (C=O) groups excluding carboxylic acids is 1. The molecule has 2 heterocycles. The van der Waals surface area contributed by atoms with E-state index in [-0.39, 0.29) is 18.1 Å². The van der Waals surface area contributed by atoms with Gasteiger partial charge >= 0.3 is 0 Å². The fraction of sp³-hybridized carbons (Fsp3) is 0.611. The second kappa shape index (κ2) is 7.68. The topological polar surface area (TPSA) is 62.2 Å². The van der Waals surface area contributed by atoms with Crippen LogP contribution in [0.15, 0.2) is 18.2 Å². The smallest absolute Gasteiger partial charge is 0.227 e. The zero-order valence-corrected chi connectivity index (χ0v) is 14.5. The third kappa shape index (κ3) is 4.48. The minimum atomic E-state index is -0.877. The molecule has 3 rings (SSSR count). The Bertz CT molecular complexity index is 621. The van der Waals surface area contributed by atoms with Crippen LogP contribution in [0, 0.1) is 5.82 Å². The summed E-state index contributed by atoms with van der Waals surface area (Å²) >= 11 is 0. The van der Waals surface area contributed by atoms with Crippen LogP contribution in [0.3, 0.4) is 0 Å². The minimum Gasteiger partial charge on any atom is -0.494 e. The molecule has 2 aliphatic heterocycles. The number of aliphatic hydroxyl groups is 1. The Morgan fingerprint density at radius 3 is 2.80 bits per heavy atom. The molecule has 1 atom stereocenters. The molecule has 1 aromatic rings. The molecule has 0 spiro atoms. The van der Waals surface area contributed by atoms with Gasteiger partial charge in [-0.2, -0.15) is 0 Å². The molecule has 6 nitrogen and oxygen atoms in total. The Labute approximate surface area is 147 Å². The lowest BCUT2D eigenvalue weighted by molar-refractivity contribution is -0.130. The number of amides is 1. The standard InChI is InChI=1S/C18H25FN2O4/c1-24-16-3-2-14(10-15(16)19)11-17(22)21-5-4-18(23,13-21)12-20-6-8-25-9-7-20/h2-3,10,23H,4-9,11-13H2,1H3/t18-/m0/s1. The van der Waals surface area contributed by atoms with E-state index < -0.39 is 11.4 Å². The van der Waals surface area contributed by atoms with Crippen LogP contribution in [0.25, 0.3) is 0 Å². The number of hydrogen-bond donors (Lipinski definition) is 1. The van der Waals surface area contributed by atoms with E-state index in [0.29, 0.717) is 44.8 Å². The normalized spacial score (nSPS) is 24.5. The number of hydrogen-bond acceptors (Lipinski definition) is 5. The summed E-state index contributed by atoms with van der Waals surface area (Å²) in [6.45, 7) is 4.38. The predicted octanol–water partition coefficient (Wildman–Crippen LogP) is 0.672. The third-order valence-electron chi connectivity index (χ3n) is 4.88. The second-order valence-electron chi connectivity index (χ2n) is 6.82. The Hall–Kier alpha value is -1.70. The maximum Gasteiger partial charge on any atom is 0.227 e. The average molecular weight is 352 g/mol. The van der Waals surface area contributed by atoms with Crippen molar-refractivity contribution in [3.05, 3.63) is 29.6 Å². The summed E-state index contributed by atoms with van der Waals surface area (Å²) in [5.41, 5.74) is -0.273. The molecule has 1 aromatic carbocycles. The van der Waals surface area contributed by atoms with Crippen LogP contribution in [0.1, 0.15) is 12.0 Å². The van der Waals surface area contributed by atoms with Gasteiger partial charge in [-0.05, 0) is 24.1 Å². The Morgan fingerprint density at radius 1 is 1.36 bits per heavy atom. The summed E-state index contributed by atoms with van der Waals surface area (Å²) in [6.07, 6.45) is 0.682. The molecule has 1 N–H and O–H groups in total. The SMILES string of the molecule is COc1ccc(CC(=O)N2CC[C@](O)(CN3CCOCC3)C2)cc1F. The van der Waals surface area contributed by atoms with Crippen molar-refractivity contribution < 1.29 is 23.8 Å². The van der Waals surface area contributed by atoms with E-state index >= 15 is 0 Å². The zero-order valence-electron chi connectivity index (χ0n) is 14.5. The van der Waals surface area contributed by atoms with Crippen molar-refractivity contribution >= 4 is 5.91 Å². The van der Waals surface area contributed by atoms with E-state index in [0.717, 1.165) is 13.1 Å². The molecule has 0 bridgehead atoms. The molecule has 0 saturated carbocycles. The van der Waals surface area contributed by atoms with Gasteiger partial charge in [0.25, 0.3) is 0 Å². The average Bonchev–Trinajstić information content (AvgIpc) is 2.98. The van der Waals surface area contributed by atoms with Crippen molar-refractivity contribution in [1.29, 1.82) is 0 Å². The van der Waals surface area contributed by atoms with E-state index in [1.165, 1.54) is 19.2 Å². The number of β-amino-alcohol motifs (C(OH)–C–C–N with tert-alkyl or cyclic N) is 1. The number of carbonyl (C=O) groups is 1. The van der Waals surface area contributed by atoms with Crippen molar-refractivity contribution in [3.8, 4) is 5.75 Å². The summed E-state index contributed by atoms with van der Waals surface area (Å²) < 4.78 is 24.0. The lowest BCUT2D eigenvalue weighted by Gasteiger charge is -2.33. The van der Waals surface area contributed by atoms with Crippen molar-refractivity contribution in [1.82, 2.24) is 9.80 Å². The molecule has 1 amide bonds. The number of rotatable bonds is 5. The highest BCUT2D eigenvalue weighted by molar-refractivity contribution is 5.79. The molecule has 2 fully saturated rings. The number of morpholine rings is 1. The van der Waals surface area contributed by atoms with Gasteiger partial charge in [-0.3, -0.25) is 9.69 Å². The van der Waals surface area contributed by atoms with E-state index in [1.807, 2.05) is 0 Å². The number of halogens is 1. The molecule has 138 valence electrons. The van der Waals surface area contributed by atoms with Crippen LogP contribution in [-0.2, 0) is 16.0 Å². The van der Waals surface area contributed by atoms with Crippen molar-refractivity contribution in [2.24, 2.45) is 0 Å². The molecule has 25 heavy (non-hydrogen) atoms. The molecule has 2 aliphatic rings. The fourth-order valence-corrected chi connectivity index (χ4v) is 3.48. The van der Waals surface area contributed by atoms with Gasteiger partial charge in [-0.25, -0.2) is 4.39 Å². The number of likely N-dealkylation sites (tertiary alicyclic amines) is 1. The highest BCUT2D eigenvalue weighted by Crippen LogP contribution is 2.24. The van der Waals surface area contributed by atoms with E-state index in [1.54, 1.807) is 11.0 Å². The number of methoxy groups -OCH3 is 1. The lowest BCUT2D eigenvalue weighted by Crippen LogP contribution is -2.49. The van der Waals surface area contributed by atoms with E-state index in [2.05, 4.69) is 4.90 Å². The predicted molar refractivity (Wildman–Crippen MR) is 90.1 cm³/mol. The first-order chi connectivity index (χ1) is 12.0. The van der Waals surface area contributed by atoms with Crippen LogP contribution < -0.4 is 4.74 Å². The zero-order chi connectivity index (χ0) is 17.9. The number of benzene rings is 1. The summed E-state index contributed by atoms with van der Waals surface area (Å²) in [7, 11) is 1.41. The number of nitrogens with zero attached hydrogens (tertiary/aromatic N) is 2. The monoisotopic (exact) mass is 352 g/mol. The quantitative estimate of drug-likeness (QED) is 0.844. The Morgan fingerprint density at radius 2 is 2.12 bits per heavy atom. The van der Waals surface area contributed by atoms with Crippen LogP contribution in [0.4, 0.5) is 4.39 Å². The highest BCUT2D eigenvalue weighted by atomic mass is 19.1. The first kappa shape index (κ1) is 18.1. The maximum absolute atomic E-state index is 13.8. The highest BCUT2D eigenvalue weighted by Gasteiger charge is 2.39. The van der Waals surface area contributed by atoms with Gasteiger partial charge in [0.1, 0.15) is 0 Å². The summed E-state index contributed by atoms with van der Waals surface area (Å²) in [6, 6.07) is 4.54. The van der Waals surface area contributed by atoms with Crippen LogP contribution >= 0.6 is 0 Å². The summed E-state index contributed by atoms with van der Waals surface area (Å²) in [5, 5.41) is 10.8. The second-order valence-corrected chi connectivity index (χ2v) is 6.82. The van der Waals surface area contributed by atoms with Crippen LogP contribution in [0.5, 0.6) is 5.75 Å². The maximum atomic E-state index is 13.8. The van der Waals surface area contributed by atoms with Gasteiger partial charge in [0.15, 0.2) is 11.6 Å². The molecular formula is C18H25FN2O4. The molecule has 0 aromatic heterocycles. The Kier molecular flexibility index (Phi) is 5.56. The van der Waals surface area contributed by atoms with Crippen molar-refractivity contribution in [3.63, 3.8) is 0 Å². The van der Waals surface area contributed by atoms with Gasteiger partial charge in [0.05, 0.1) is 38.9 Å². The van der Waals surface area contributed by atoms with Crippen LogP contribution in [-0.4, -0.2) is 79.5 Å². The van der Waals surface area contributed by atoms with Gasteiger partial charge in [0, 0.05) is 26.2 Å². The minimum absolute atomic E-state index is 0.0949. The van der Waals surface area contributed by atoms with Crippen molar-refractivity contribution in [2.45, 2.75) is 18.4 Å². The summed E-state index contributed by atoms with van der Waals surface area (Å²) in [4.78, 5) is 16.3. The largest absolute Gasteiger partial charge is 0.494 e. The first-order valence-electron chi connectivity index (χ1n) is 8.62. The van der Waals surface area contributed by atoms with E-state index in [4.69, 9.17) is 9.47 Å². The third-order valence-corrected chi connectivity index (χ3v) is 4.88. The first-order valence-corrected chi connectivity index (χ1v) is 8.62. The summed E-state index contributed by atoms with van der Waals surface area (Å²) in [5.74, 6) is -0.405. The molecule has 7 heteroatoms. The molecule has 0 unspecified atom stereocenters. The molecule has 2 saturated heterocycles. The fourth-order valence-electron chi connectivity index (χ4n) is 3.48. The van der Waals surface area contributed by atoms with Gasteiger partial charge in [-0.15, -0.1) is 0 Å². The molecule has 0 aliphatic carbocycles. The Balaban J connectivity index is 1.55.